The lowest BCUT2D eigenvalue weighted by Crippen LogP contribution is -2.58. The van der Waals surface area contributed by atoms with Gasteiger partial charge in [-0.2, -0.15) is 0 Å². The van der Waals surface area contributed by atoms with E-state index in [-0.39, 0.29) is 5.91 Å². The van der Waals surface area contributed by atoms with Crippen LogP contribution in [-0.4, -0.2) is 71.1 Å². The van der Waals surface area contributed by atoms with Crippen LogP contribution in [-0.2, 0) is 16.0 Å². The highest BCUT2D eigenvalue weighted by Crippen LogP contribution is 2.24. The van der Waals surface area contributed by atoms with E-state index >= 15 is 0 Å². The summed E-state index contributed by atoms with van der Waals surface area (Å²) in [5, 5.41) is 3.03. The van der Waals surface area contributed by atoms with Crippen LogP contribution in [0.5, 0.6) is 0 Å². The second-order valence-electron chi connectivity index (χ2n) is 7.11. The third-order valence-electron chi connectivity index (χ3n) is 5.08. The number of aromatic nitrogens is 2. The molecule has 0 N–H and O–H groups in total. The maximum Gasteiger partial charge on any atom is 0.223 e. The molecule has 0 aromatic carbocycles. The Morgan fingerprint density at radius 1 is 1.26 bits per heavy atom. The molecule has 2 atom stereocenters. The zero-order chi connectivity index (χ0) is 19.2. The van der Waals surface area contributed by atoms with E-state index in [2.05, 4.69) is 34.1 Å². The lowest BCUT2D eigenvalue weighted by atomic mass is 10.1. The summed E-state index contributed by atoms with van der Waals surface area (Å²) in [6.45, 7) is 7.59. The molecular formula is C20H28N4O2S. The molecule has 2 aromatic heterocycles. The van der Waals surface area contributed by atoms with Crippen molar-refractivity contribution in [3.8, 4) is 10.6 Å². The summed E-state index contributed by atoms with van der Waals surface area (Å²) in [5.74, 6) is 0.221. The second-order valence-corrected chi connectivity index (χ2v) is 7.97. The number of carbonyl (C=O) groups is 1. The highest BCUT2D eigenvalue weighted by atomic mass is 32.1. The van der Waals surface area contributed by atoms with Crippen molar-refractivity contribution in [2.45, 2.75) is 38.8 Å². The van der Waals surface area contributed by atoms with Gasteiger partial charge in [-0.3, -0.25) is 14.7 Å². The molecule has 6 nitrogen and oxygen atoms in total. The maximum atomic E-state index is 12.7. The smallest absolute Gasteiger partial charge is 0.223 e. The zero-order valence-electron chi connectivity index (χ0n) is 16.3. The molecule has 3 rings (SSSR count). The molecule has 1 aliphatic heterocycles. The van der Waals surface area contributed by atoms with Gasteiger partial charge in [0.2, 0.25) is 5.91 Å². The number of rotatable bonds is 7. The Morgan fingerprint density at radius 3 is 2.63 bits per heavy atom. The average molecular weight is 389 g/mol. The van der Waals surface area contributed by atoms with Gasteiger partial charge in [-0.05, 0) is 32.4 Å². The molecule has 3 heterocycles. The molecule has 0 aliphatic carbocycles. The van der Waals surface area contributed by atoms with Crippen molar-refractivity contribution in [1.82, 2.24) is 19.8 Å². The van der Waals surface area contributed by atoms with Gasteiger partial charge in [-0.25, -0.2) is 4.98 Å². The number of ether oxygens (including phenoxy) is 1. The third-order valence-corrected chi connectivity index (χ3v) is 6.02. The van der Waals surface area contributed by atoms with Gasteiger partial charge in [0.15, 0.2) is 0 Å². The molecule has 1 saturated heterocycles. The van der Waals surface area contributed by atoms with Crippen LogP contribution in [0.4, 0.5) is 0 Å². The van der Waals surface area contributed by atoms with E-state index in [0.717, 1.165) is 42.5 Å². The van der Waals surface area contributed by atoms with Crippen molar-refractivity contribution in [2.24, 2.45) is 0 Å². The highest BCUT2D eigenvalue weighted by Gasteiger charge is 2.31. The number of hydrogen-bond acceptors (Lipinski definition) is 6. The average Bonchev–Trinajstić information content (AvgIpc) is 3.15. The van der Waals surface area contributed by atoms with E-state index in [1.807, 2.05) is 17.0 Å². The van der Waals surface area contributed by atoms with E-state index in [9.17, 15) is 4.79 Å². The van der Waals surface area contributed by atoms with E-state index in [4.69, 9.17) is 4.74 Å². The summed E-state index contributed by atoms with van der Waals surface area (Å²) in [7, 11) is 1.73. The van der Waals surface area contributed by atoms with Crippen LogP contribution < -0.4 is 0 Å². The molecule has 0 spiro atoms. The Labute approximate surface area is 165 Å². The topological polar surface area (TPSA) is 58.6 Å². The Kier molecular flexibility index (Phi) is 6.93. The van der Waals surface area contributed by atoms with Gasteiger partial charge in [-0.15, -0.1) is 11.3 Å². The van der Waals surface area contributed by atoms with E-state index in [1.54, 1.807) is 30.8 Å². The fourth-order valence-electron chi connectivity index (χ4n) is 3.64. The van der Waals surface area contributed by atoms with Crippen molar-refractivity contribution < 1.29 is 9.53 Å². The number of thiazole rings is 1. The fraction of sp³-hybridized carbons (Fsp3) is 0.550. The number of pyridine rings is 1. The minimum atomic E-state index is 0.221. The molecule has 7 heteroatoms. The van der Waals surface area contributed by atoms with Crippen LogP contribution in [0.25, 0.3) is 10.6 Å². The first-order valence-corrected chi connectivity index (χ1v) is 10.3. The molecule has 1 aliphatic rings. The number of piperazine rings is 1. The van der Waals surface area contributed by atoms with Gasteiger partial charge in [-0.1, -0.05) is 0 Å². The molecule has 1 fully saturated rings. The van der Waals surface area contributed by atoms with Crippen LogP contribution in [0.3, 0.4) is 0 Å². The van der Waals surface area contributed by atoms with Crippen LogP contribution in [0.15, 0.2) is 29.9 Å². The molecule has 0 radical (unpaired) electrons. The van der Waals surface area contributed by atoms with Crippen LogP contribution in [0.1, 0.15) is 26.0 Å². The second kappa shape index (κ2) is 9.39. The lowest BCUT2D eigenvalue weighted by molar-refractivity contribution is -0.135. The fourth-order valence-corrected chi connectivity index (χ4v) is 4.50. The molecular weight excluding hydrogens is 360 g/mol. The standard InChI is InChI=1S/C20H28N4O2S/c1-15-12-23(13-16(2)24(15)10-11-26-3)19(25)5-4-18-14-27-20(22-18)17-6-8-21-9-7-17/h6-9,14-16H,4-5,10-13H2,1-3H3. The first-order chi connectivity index (χ1) is 13.1. The summed E-state index contributed by atoms with van der Waals surface area (Å²) < 4.78 is 5.21. The van der Waals surface area contributed by atoms with Crippen LogP contribution in [0, 0.1) is 0 Å². The van der Waals surface area contributed by atoms with Crippen LogP contribution >= 0.6 is 11.3 Å². The quantitative estimate of drug-likeness (QED) is 0.730. The van der Waals surface area contributed by atoms with Gasteiger partial charge < -0.3 is 9.64 Å². The summed E-state index contributed by atoms with van der Waals surface area (Å²) in [4.78, 5) is 25.9. The first kappa shape index (κ1) is 19.9. The summed E-state index contributed by atoms with van der Waals surface area (Å²) >= 11 is 1.62. The van der Waals surface area contributed by atoms with Gasteiger partial charge in [0, 0.05) is 68.6 Å². The van der Waals surface area contributed by atoms with Crippen molar-refractivity contribution >= 4 is 17.2 Å². The molecule has 2 unspecified atom stereocenters. The molecule has 27 heavy (non-hydrogen) atoms. The minimum absolute atomic E-state index is 0.221. The Morgan fingerprint density at radius 2 is 1.96 bits per heavy atom. The van der Waals surface area contributed by atoms with Crippen LogP contribution in [0.2, 0.25) is 0 Å². The summed E-state index contributed by atoms with van der Waals surface area (Å²) in [6, 6.07) is 4.62. The third kappa shape index (κ3) is 5.12. The van der Waals surface area contributed by atoms with Crippen molar-refractivity contribution in [3.63, 3.8) is 0 Å². The van der Waals surface area contributed by atoms with Crippen molar-refractivity contribution in [3.05, 3.63) is 35.6 Å². The van der Waals surface area contributed by atoms with E-state index in [0.29, 0.717) is 24.9 Å². The monoisotopic (exact) mass is 388 g/mol. The van der Waals surface area contributed by atoms with Gasteiger partial charge in [0.25, 0.3) is 0 Å². The van der Waals surface area contributed by atoms with Gasteiger partial charge in [0.05, 0.1) is 12.3 Å². The number of methoxy groups -OCH3 is 1. The predicted molar refractivity (Wildman–Crippen MR) is 108 cm³/mol. The lowest BCUT2D eigenvalue weighted by Gasteiger charge is -2.44. The van der Waals surface area contributed by atoms with E-state index in [1.165, 1.54) is 0 Å². The number of amides is 1. The molecule has 0 bridgehead atoms. The molecule has 146 valence electrons. The summed E-state index contributed by atoms with van der Waals surface area (Å²) in [6.07, 6.45) is 4.74. The van der Waals surface area contributed by atoms with Crippen molar-refractivity contribution in [1.29, 1.82) is 0 Å². The molecule has 2 aromatic rings. The summed E-state index contributed by atoms with van der Waals surface area (Å²) in [5.41, 5.74) is 2.06. The molecule has 1 amide bonds. The number of nitrogens with zero attached hydrogens (tertiary/aromatic N) is 4. The maximum absolute atomic E-state index is 12.7. The Balaban J connectivity index is 1.52. The zero-order valence-corrected chi connectivity index (χ0v) is 17.1. The van der Waals surface area contributed by atoms with E-state index < -0.39 is 0 Å². The number of aryl methyl sites for hydroxylation is 1. The van der Waals surface area contributed by atoms with Crippen molar-refractivity contribution in [2.75, 3.05) is 33.4 Å². The molecule has 0 saturated carbocycles. The number of hydrogen-bond donors (Lipinski definition) is 0. The Bertz CT molecular complexity index is 725. The van der Waals surface area contributed by atoms with Gasteiger partial charge >= 0.3 is 0 Å². The minimum Gasteiger partial charge on any atom is -0.383 e. The largest absolute Gasteiger partial charge is 0.383 e. The Hall–Kier alpha value is -1.83. The first-order valence-electron chi connectivity index (χ1n) is 9.45. The predicted octanol–water partition coefficient (Wildman–Crippen LogP) is 2.71. The highest BCUT2D eigenvalue weighted by molar-refractivity contribution is 7.13. The normalized spacial score (nSPS) is 20.8. The number of carbonyl (C=O) groups excluding carboxylic acids is 1. The van der Waals surface area contributed by atoms with Gasteiger partial charge in [0.1, 0.15) is 5.01 Å². The SMILES string of the molecule is COCCN1C(C)CN(C(=O)CCc2csc(-c3ccncc3)n2)CC1C.